The van der Waals surface area contributed by atoms with Crippen LogP contribution in [0.5, 0.6) is 0 Å². The second-order valence-electron chi connectivity index (χ2n) is 6.33. The van der Waals surface area contributed by atoms with Crippen LogP contribution in [-0.2, 0) is 15.4 Å². The van der Waals surface area contributed by atoms with Crippen molar-refractivity contribution in [2.75, 3.05) is 18.8 Å². The van der Waals surface area contributed by atoms with Gasteiger partial charge in [-0.05, 0) is 29.4 Å². The minimum Gasteiger partial charge on any atom is -0.309 e. The number of rotatable bonds is 6. The molecule has 1 unspecified atom stereocenters. The van der Waals surface area contributed by atoms with Crippen LogP contribution in [-0.4, -0.2) is 27.3 Å². The van der Waals surface area contributed by atoms with Crippen molar-refractivity contribution in [3.8, 4) is 0 Å². The van der Waals surface area contributed by atoms with E-state index in [0.29, 0.717) is 13.1 Å². The lowest BCUT2D eigenvalue weighted by Gasteiger charge is -2.37. The molecule has 1 aliphatic carbocycles. The van der Waals surface area contributed by atoms with Gasteiger partial charge in [0.1, 0.15) is 0 Å². The smallest absolute Gasteiger partial charge is 0.212 e. The van der Waals surface area contributed by atoms with Crippen molar-refractivity contribution in [1.82, 2.24) is 10.0 Å². The van der Waals surface area contributed by atoms with Gasteiger partial charge in [0.15, 0.2) is 0 Å². The highest BCUT2D eigenvalue weighted by atomic mass is 32.2. The third-order valence-electron chi connectivity index (χ3n) is 4.25. The van der Waals surface area contributed by atoms with Crippen LogP contribution in [0.2, 0.25) is 0 Å². The molecule has 4 nitrogen and oxygen atoms in total. The van der Waals surface area contributed by atoms with Gasteiger partial charge < -0.3 is 5.32 Å². The number of sulfonamides is 1. The summed E-state index contributed by atoms with van der Waals surface area (Å²) < 4.78 is 25.9. The van der Waals surface area contributed by atoms with Gasteiger partial charge in [-0.3, -0.25) is 0 Å². The summed E-state index contributed by atoms with van der Waals surface area (Å²) in [5, 5.41) is 3.41. The van der Waals surface area contributed by atoms with E-state index in [1.165, 1.54) is 11.1 Å². The lowest BCUT2D eigenvalue weighted by molar-refractivity contribution is 0.362. The summed E-state index contributed by atoms with van der Waals surface area (Å²) in [5.41, 5.74) is 2.89. The van der Waals surface area contributed by atoms with E-state index in [-0.39, 0.29) is 17.2 Å². The molecule has 0 saturated heterocycles. The predicted molar refractivity (Wildman–Crippen MR) is 86.9 cm³/mol. The van der Waals surface area contributed by atoms with Crippen LogP contribution >= 0.6 is 0 Å². The Labute approximate surface area is 128 Å². The van der Waals surface area contributed by atoms with Gasteiger partial charge in [0.25, 0.3) is 0 Å². The van der Waals surface area contributed by atoms with Crippen molar-refractivity contribution in [1.29, 1.82) is 0 Å². The Morgan fingerprint density at radius 3 is 2.71 bits per heavy atom. The summed E-state index contributed by atoms with van der Waals surface area (Å²) in [5.74, 6) is 0.128. The number of fused-ring (bicyclic) bond motifs is 1. The first-order valence-corrected chi connectivity index (χ1v) is 9.31. The van der Waals surface area contributed by atoms with Crippen molar-refractivity contribution < 1.29 is 8.42 Å². The van der Waals surface area contributed by atoms with Crippen molar-refractivity contribution in [3.05, 3.63) is 35.4 Å². The molecule has 0 radical (unpaired) electrons. The first kappa shape index (κ1) is 16.5. The van der Waals surface area contributed by atoms with Gasteiger partial charge >= 0.3 is 0 Å². The van der Waals surface area contributed by atoms with Crippen LogP contribution in [0.15, 0.2) is 24.3 Å². The summed E-state index contributed by atoms with van der Waals surface area (Å²) >= 11 is 0. The second-order valence-corrected chi connectivity index (χ2v) is 8.26. The molecule has 1 aliphatic rings. The molecule has 0 aliphatic heterocycles. The Morgan fingerprint density at radius 2 is 2.00 bits per heavy atom. The zero-order valence-electron chi connectivity index (χ0n) is 13.1. The number of nitrogens with one attached hydrogen (secondary N) is 2. The molecule has 21 heavy (non-hydrogen) atoms. The van der Waals surface area contributed by atoms with E-state index in [1.807, 2.05) is 0 Å². The van der Waals surface area contributed by atoms with E-state index < -0.39 is 10.0 Å². The second kappa shape index (κ2) is 6.46. The molecule has 2 N–H and O–H groups in total. The molecule has 0 amide bonds. The maximum atomic E-state index is 11.7. The standard InChI is InChI=1S/C16H26N2O2S/c1-4-18-21(19,20)12-11-17-15-9-10-16(2,3)14-8-6-5-7-13(14)15/h5-8,15,17-18H,4,9-12H2,1-3H3. The lowest BCUT2D eigenvalue weighted by atomic mass is 9.71. The number of hydrogen-bond donors (Lipinski definition) is 2. The highest BCUT2D eigenvalue weighted by Gasteiger charge is 2.31. The average molecular weight is 310 g/mol. The van der Waals surface area contributed by atoms with E-state index in [1.54, 1.807) is 6.92 Å². The maximum Gasteiger partial charge on any atom is 0.212 e. The van der Waals surface area contributed by atoms with Gasteiger partial charge in [0.05, 0.1) is 5.75 Å². The lowest BCUT2D eigenvalue weighted by Crippen LogP contribution is -2.36. The predicted octanol–water partition coefficient (Wildman–Crippen LogP) is 2.33. The molecule has 0 bridgehead atoms. The Hall–Kier alpha value is -0.910. The Kier molecular flexibility index (Phi) is 5.07. The van der Waals surface area contributed by atoms with Gasteiger partial charge in [-0.15, -0.1) is 0 Å². The molecule has 118 valence electrons. The van der Waals surface area contributed by atoms with Crippen molar-refractivity contribution >= 4 is 10.0 Å². The number of benzene rings is 1. The molecular formula is C16H26N2O2S. The van der Waals surface area contributed by atoms with Gasteiger partial charge in [0.2, 0.25) is 10.0 Å². The van der Waals surface area contributed by atoms with Crippen molar-refractivity contribution in [2.24, 2.45) is 0 Å². The van der Waals surface area contributed by atoms with E-state index >= 15 is 0 Å². The highest BCUT2D eigenvalue weighted by molar-refractivity contribution is 7.89. The fraction of sp³-hybridized carbons (Fsp3) is 0.625. The first-order valence-electron chi connectivity index (χ1n) is 7.66. The average Bonchev–Trinajstić information content (AvgIpc) is 2.41. The van der Waals surface area contributed by atoms with Crippen LogP contribution in [0.4, 0.5) is 0 Å². The molecule has 0 heterocycles. The Morgan fingerprint density at radius 1 is 1.29 bits per heavy atom. The van der Waals surface area contributed by atoms with Crippen LogP contribution in [0.1, 0.15) is 50.8 Å². The van der Waals surface area contributed by atoms with Gasteiger partial charge in [-0.1, -0.05) is 45.0 Å². The molecule has 0 aromatic heterocycles. The monoisotopic (exact) mass is 310 g/mol. The van der Waals surface area contributed by atoms with Crippen molar-refractivity contribution in [2.45, 2.75) is 45.1 Å². The molecular weight excluding hydrogens is 284 g/mol. The van der Waals surface area contributed by atoms with Gasteiger partial charge in [0, 0.05) is 19.1 Å². The van der Waals surface area contributed by atoms with Crippen LogP contribution < -0.4 is 10.0 Å². The van der Waals surface area contributed by atoms with E-state index in [2.05, 4.69) is 48.2 Å². The third-order valence-corrected chi connectivity index (χ3v) is 5.72. The van der Waals surface area contributed by atoms with Crippen LogP contribution in [0.3, 0.4) is 0 Å². The molecule has 1 aromatic rings. The minimum atomic E-state index is -3.15. The quantitative estimate of drug-likeness (QED) is 0.848. The summed E-state index contributed by atoms with van der Waals surface area (Å²) in [6.07, 6.45) is 2.16. The maximum absolute atomic E-state index is 11.7. The zero-order chi connectivity index (χ0) is 15.5. The molecule has 0 fully saturated rings. The minimum absolute atomic E-state index is 0.128. The summed E-state index contributed by atoms with van der Waals surface area (Å²) in [6.45, 7) is 7.28. The Bertz CT molecular complexity index is 582. The van der Waals surface area contributed by atoms with E-state index in [9.17, 15) is 8.42 Å². The zero-order valence-corrected chi connectivity index (χ0v) is 14.0. The third kappa shape index (κ3) is 4.05. The molecule has 0 saturated carbocycles. The summed E-state index contributed by atoms with van der Waals surface area (Å²) in [7, 11) is -3.15. The fourth-order valence-electron chi connectivity index (χ4n) is 3.08. The van der Waals surface area contributed by atoms with Gasteiger partial charge in [-0.2, -0.15) is 0 Å². The number of hydrogen-bond acceptors (Lipinski definition) is 3. The van der Waals surface area contributed by atoms with E-state index in [0.717, 1.165) is 12.8 Å². The normalized spacial score (nSPS) is 21.0. The van der Waals surface area contributed by atoms with Crippen LogP contribution in [0.25, 0.3) is 0 Å². The van der Waals surface area contributed by atoms with Crippen molar-refractivity contribution in [3.63, 3.8) is 0 Å². The SMILES string of the molecule is CCNS(=O)(=O)CCNC1CCC(C)(C)c2ccccc21. The molecule has 1 aromatic carbocycles. The molecule has 1 atom stereocenters. The fourth-order valence-corrected chi connectivity index (χ4v) is 4.05. The first-order chi connectivity index (χ1) is 9.86. The summed E-state index contributed by atoms with van der Waals surface area (Å²) in [4.78, 5) is 0. The molecule has 2 rings (SSSR count). The largest absolute Gasteiger partial charge is 0.309 e. The summed E-state index contributed by atoms with van der Waals surface area (Å²) in [6, 6.07) is 8.75. The topological polar surface area (TPSA) is 58.2 Å². The van der Waals surface area contributed by atoms with Gasteiger partial charge in [-0.25, -0.2) is 13.1 Å². The highest BCUT2D eigenvalue weighted by Crippen LogP contribution is 2.41. The molecule has 5 heteroatoms. The Balaban J connectivity index is 2.03. The molecule has 0 spiro atoms. The van der Waals surface area contributed by atoms with Crippen LogP contribution in [0, 0.1) is 0 Å². The van der Waals surface area contributed by atoms with E-state index in [4.69, 9.17) is 0 Å².